The third-order valence-electron chi connectivity index (χ3n) is 7.88. The quantitative estimate of drug-likeness (QED) is 0.286. The van der Waals surface area contributed by atoms with Crippen molar-refractivity contribution in [1.82, 2.24) is 4.98 Å². The first-order valence-corrected chi connectivity index (χ1v) is 12.7. The van der Waals surface area contributed by atoms with Gasteiger partial charge in [0.2, 0.25) is 6.79 Å². The molecular formula is C31H24N2O6. The molecule has 0 saturated heterocycles. The number of pyridine rings is 1. The number of hydrogen-bond donors (Lipinski definition) is 2. The number of ketones is 1. The van der Waals surface area contributed by atoms with Gasteiger partial charge >= 0.3 is 5.97 Å². The van der Waals surface area contributed by atoms with E-state index in [-0.39, 0.29) is 18.3 Å². The minimum absolute atomic E-state index is 0.100. The number of allylic oxidation sites excluding steroid dienone is 2. The Balaban J connectivity index is 1.44. The summed E-state index contributed by atoms with van der Waals surface area (Å²) in [7, 11) is 1.30. The number of rotatable bonds is 3. The molecule has 0 saturated carbocycles. The van der Waals surface area contributed by atoms with E-state index in [1.165, 1.54) is 7.11 Å². The van der Waals surface area contributed by atoms with Crippen LogP contribution in [-0.2, 0) is 14.3 Å². The molecule has 4 aromatic rings. The molecule has 0 spiro atoms. The van der Waals surface area contributed by atoms with Crippen molar-refractivity contribution >= 4 is 28.3 Å². The summed E-state index contributed by atoms with van der Waals surface area (Å²) < 4.78 is 16.2. The fourth-order valence-electron chi connectivity index (χ4n) is 6.14. The number of esters is 1. The summed E-state index contributed by atoms with van der Waals surface area (Å²) in [6.45, 7) is 0.128. The van der Waals surface area contributed by atoms with Crippen LogP contribution in [-0.4, -0.2) is 35.7 Å². The molecule has 3 aromatic carbocycles. The summed E-state index contributed by atoms with van der Waals surface area (Å²) in [5.41, 5.74) is 5.34. The minimum Gasteiger partial charge on any atom is -0.508 e. The van der Waals surface area contributed by atoms with Crippen LogP contribution in [0.25, 0.3) is 10.9 Å². The Bertz CT molecular complexity index is 1710. The van der Waals surface area contributed by atoms with Crippen molar-refractivity contribution in [2.75, 3.05) is 19.2 Å². The molecule has 3 atom stereocenters. The van der Waals surface area contributed by atoms with Crippen molar-refractivity contribution < 1.29 is 28.9 Å². The Morgan fingerprint density at radius 2 is 1.90 bits per heavy atom. The maximum atomic E-state index is 14.4. The topological polar surface area (TPSA) is 107 Å². The monoisotopic (exact) mass is 520 g/mol. The summed E-state index contributed by atoms with van der Waals surface area (Å²) in [6.07, 6.45) is 2.14. The maximum Gasteiger partial charge on any atom is 0.317 e. The van der Waals surface area contributed by atoms with E-state index in [9.17, 15) is 14.7 Å². The van der Waals surface area contributed by atoms with Crippen molar-refractivity contribution in [3.05, 3.63) is 101 Å². The number of Topliss-reactive ketones (excluding diaryl/α,β-unsaturated/α-hetero) is 1. The van der Waals surface area contributed by atoms with Crippen LogP contribution in [0.1, 0.15) is 34.9 Å². The van der Waals surface area contributed by atoms with Gasteiger partial charge in [0.25, 0.3) is 0 Å². The molecule has 0 radical (unpaired) electrons. The average Bonchev–Trinajstić information content (AvgIpc) is 3.43. The van der Waals surface area contributed by atoms with Crippen LogP contribution in [0, 0.1) is 5.92 Å². The van der Waals surface area contributed by atoms with E-state index in [0.717, 1.165) is 39.0 Å². The fraction of sp³-hybridized carbons (Fsp3) is 0.194. The smallest absolute Gasteiger partial charge is 0.317 e. The Hall–Kier alpha value is -4.85. The van der Waals surface area contributed by atoms with Gasteiger partial charge < -0.3 is 24.6 Å². The molecule has 8 nitrogen and oxygen atoms in total. The summed E-state index contributed by atoms with van der Waals surface area (Å²) in [6, 6.07) is 20.2. The summed E-state index contributed by atoms with van der Waals surface area (Å²) >= 11 is 0. The molecule has 3 unspecified atom stereocenters. The number of aromatic nitrogens is 1. The molecule has 1 aliphatic carbocycles. The predicted octanol–water partition coefficient (Wildman–Crippen LogP) is 5.03. The van der Waals surface area contributed by atoms with Gasteiger partial charge in [-0.05, 0) is 65.6 Å². The van der Waals surface area contributed by atoms with E-state index in [0.29, 0.717) is 23.5 Å². The van der Waals surface area contributed by atoms with Crippen LogP contribution in [0.2, 0.25) is 0 Å². The largest absolute Gasteiger partial charge is 0.508 e. The highest BCUT2D eigenvalue weighted by atomic mass is 16.7. The lowest BCUT2D eigenvalue weighted by Gasteiger charge is -2.39. The average molecular weight is 521 g/mol. The molecule has 39 heavy (non-hydrogen) atoms. The fourth-order valence-corrected chi connectivity index (χ4v) is 6.14. The first-order chi connectivity index (χ1) is 19.0. The van der Waals surface area contributed by atoms with Gasteiger partial charge in [0, 0.05) is 34.7 Å². The van der Waals surface area contributed by atoms with Gasteiger partial charge in [0.05, 0.1) is 18.3 Å². The lowest BCUT2D eigenvalue weighted by molar-refractivity contribution is -0.149. The Kier molecular flexibility index (Phi) is 5.30. The van der Waals surface area contributed by atoms with E-state index in [1.54, 1.807) is 30.5 Å². The maximum absolute atomic E-state index is 14.4. The Morgan fingerprint density at radius 1 is 1.03 bits per heavy atom. The van der Waals surface area contributed by atoms with E-state index in [2.05, 4.69) is 10.3 Å². The normalized spacial score (nSPS) is 21.3. The standard InChI is InChI=1S/C31H24N2O6/c1-37-31(36)27-21(16-7-10-24-25(13-16)39-15-38-24)14-23-28(30(27)35)26(17-4-2-5-18(34)12-17)20-8-9-22-19(29(20)33-23)6-3-11-32-22/h2-13,21,26-27,33-34H,14-15H2,1H3. The van der Waals surface area contributed by atoms with Gasteiger partial charge in [-0.2, -0.15) is 0 Å². The second-order valence-corrected chi connectivity index (χ2v) is 9.93. The number of nitrogens with zero attached hydrogens (tertiary/aromatic N) is 1. The van der Waals surface area contributed by atoms with Gasteiger partial charge in [0.1, 0.15) is 11.7 Å². The lowest BCUT2D eigenvalue weighted by atomic mass is 9.67. The third kappa shape index (κ3) is 3.63. The van der Waals surface area contributed by atoms with E-state index < -0.39 is 23.7 Å². The van der Waals surface area contributed by atoms with Crippen molar-refractivity contribution in [3.63, 3.8) is 0 Å². The summed E-state index contributed by atoms with van der Waals surface area (Å²) in [5, 5.41) is 14.8. The molecule has 194 valence electrons. The van der Waals surface area contributed by atoms with Crippen LogP contribution < -0.4 is 14.8 Å². The van der Waals surface area contributed by atoms with Crippen LogP contribution in [0.3, 0.4) is 0 Å². The molecule has 2 aliphatic heterocycles. The van der Waals surface area contributed by atoms with Crippen molar-refractivity contribution in [2.24, 2.45) is 5.92 Å². The third-order valence-corrected chi connectivity index (χ3v) is 7.88. The van der Waals surface area contributed by atoms with Crippen LogP contribution in [0.4, 0.5) is 5.69 Å². The number of nitrogens with one attached hydrogen (secondary N) is 1. The van der Waals surface area contributed by atoms with Crippen LogP contribution >= 0.6 is 0 Å². The first-order valence-electron chi connectivity index (χ1n) is 12.7. The number of carbonyl (C=O) groups excluding carboxylic acids is 2. The molecule has 3 heterocycles. The molecule has 1 aromatic heterocycles. The van der Waals surface area contributed by atoms with Gasteiger partial charge in [-0.25, -0.2) is 0 Å². The van der Waals surface area contributed by atoms with Gasteiger partial charge in [-0.1, -0.05) is 24.3 Å². The number of benzene rings is 3. The SMILES string of the molecule is COC(=O)C1C(=O)C2=C(CC1c1ccc3c(c1)OCO3)Nc1c(ccc3ncccc13)C2c1cccc(O)c1. The van der Waals surface area contributed by atoms with Crippen molar-refractivity contribution in [3.8, 4) is 17.2 Å². The second-order valence-electron chi connectivity index (χ2n) is 9.93. The highest BCUT2D eigenvalue weighted by Gasteiger charge is 2.48. The number of phenols is 1. The Morgan fingerprint density at radius 3 is 2.74 bits per heavy atom. The number of methoxy groups -OCH3 is 1. The Labute approximate surface area is 223 Å². The highest BCUT2D eigenvalue weighted by Crippen LogP contribution is 2.52. The first kappa shape index (κ1) is 23.3. The molecule has 0 amide bonds. The number of anilines is 1. The number of fused-ring (bicyclic) bond motifs is 4. The summed E-state index contributed by atoms with van der Waals surface area (Å²) in [5.74, 6) is -1.60. The zero-order valence-corrected chi connectivity index (χ0v) is 21.0. The zero-order valence-electron chi connectivity index (χ0n) is 21.0. The van der Waals surface area contributed by atoms with Crippen LogP contribution in [0.15, 0.2) is 84.2 Å². The number of ether oxygens (including phenoxy) is 3. The minimum atomic E-state index is -1.04. The van der Waals surface area contributed by atoms with Gasteiger partial charge in [0.15, 0.2) is 17.3 Å². The molecule has 3 aliphatic rings. The van der Waals surface area contributed by atoms with E-state index in [4.69, 9.17) is 14.2 Å². The molecule has 0 fully saturated rings. The summed E-state index contributed by atoms with van der Waals surface area (Å²) in [4.78, 5) is 32.1. The molecule has 8 heteroatoms. The second kappa shape index (κ2) is 8.87. The van der Waals surface area contributed by atoms with E-state index >= 15 is 0 Å². The van der Waals surface area contributed by atoms with Gasteiger partial charge in [-0.3, -0.25) is 14.6 Å². The zero-order chi connectivity index (χ0) is 26.7. The number of carbonyl (C=O) groups is 2. The van der Waals surface area contributed by atoms with Crippen molar-refractivity contribution in [1.29, 1.82) is 0 Å². The van der Waals surface area contributed by atoms with Crippen LogP contribution in [0.5, 0.6) is 17.2 Å². The van der Waals surface area contributed by atoms with Gasteiger partial charge in [-0.15, -0.1) is 0 Å². The van der Waals surface area contributed by atoms with E-state index in [1.807, 2.05) is 42.5 Å². The number of phenolic OH excluding ortho intramolecular Hbond substituents is 1. The molecule has 2 N–H and O–H groups in total. The lowest BCUT2D eigenvalue weighted by Crippen LogP contribution is -2.40. The highest BCUT2D eigenvalue weighted by molar-refractivity contribution is 6.13. The van der Waals surface area contributed by atoms with Crippen molar-refractivity contribution in [2.45, 2.75) is 18.3 Å². The molecular weight excluding hydrogens is 496 g/mol. The predicted molar refractivity (Wildman–Crippen MR) is 143 cm³/mol. The number of aromatic hydroxyl groups is 1. The number of hydrogen-bond acceptors (Lipinski definition) is 8. The molecule has 0 bridgehead atoms. The molecule has 7 rings (SSSR count).